The van der Waals surface area contributed by atoms with E-state index in [1.54, 1.807) is 0 Å². The molecule has 0 N–H and O–H groups in total. The summed E-state index contributed by atoms with van der Waals surface area (Å²) in [5.41, 5.74) is 3.81. The zero-order valence-corrected chi connectivity index (χ0v) is 14.8. The van der Waals surface area contributed by atoms with Gasteiger partial charge in [-0.2, -0.15) is 0 Å². The molecular formula is C12H15N2Rb. The fourth-order valence-corrected chi connectivity index (χ4v) is 1.66. The number of pyridine rings is 1. The van der Waals surface area contributed by atoms with Crippen LogP contribution in [0.25, 0.3) is 5.52 Å². The van der Waals surface area contributed by atoms with Crippen molar-refractivity contribution >= 4 is 5.52 Å². The van der Waals surface area contributed by atoms with E-state index < -0.39 is 0 Å². The van der Waals surface area contributed by atoms with Crippen LogP contribution in [0.5, 0.6) is 0 Å². The first-order valence-corrected chi connectivity index (χ1v) is 5.10. The van der Waals surface area contributed by atoms with Crippen molar-refractivity contribution in [3.63, 3.8) is 0 Å². The van der Waals surface area contributed by atoms with E-state index in [0.29, 0.717) is 5.92 Å². The van der Waals surface area contributed by atoms with E-state index in [2.05, 4.69) is 44.2 Å². The van der Waals surface area contributed by atoms with E-state index in [-0.39, 0.29) is 58.2 Å². The van der Waals surface area contributed by atoms with Crippen molar-refractivity contribution in [2.24, 2.45) is 0 Å². The Labute approximate surface area is 140 Å². The maximum Gasteiger partial charge on any atom is 1.00 e. The Morgan fingerprint density at radius 2 is 2.13 bits per heavy atom. The molecule has 0 aliphatic carbocycles. The Balaban J connectivity index is 0.00000112. The topological polar surface area (TPSA) is 17.3 Å². The van der Waals surface area contributed by atoms with Crippen LogP contribution in [0.15, 0.2) is 18.3 Å². The van der Waals surface area contributed by atoms with Gasteiger partial charge in [-0.25, -0.2) is 0 Å². The third kappa shape index (κ3) is 2.79. The average molecular weight is 273 g/mol. The van der Waals surface area contributed by atoms with Crippen LogP contribution in [-0.2, 0) is 6.42 Å². The molecule has 0 aliphatic heterocycles. The van der Waals surface area contributed by atoms with Crippen LogP contribution >= 0.6 is 0 Å². The Bertz CT molecular complexity index is 446. The van der Waals surface area contributed by atoms with Gasteiger partial charge in [0.15, 0.2) is 0 Å². The smallest absolute Gasteiger partial charge is 0.430 e. The number of rotatable bonds is 2. The fraction of sp³-hybridized carbons (Fsp3) is 0.417. The maximum absolute atomic E-state index is 4.05. The summed E-state index contributed by atoms with van der Waals surface area (Å²) in [6, 6.07) is 4.43. The zero-order valence-electron chi connectivity index (χ0n) is 9.91. The second-order valence-electron chi connectivity index (χ2n) is 3.91. The molecule has 0 saturated heterocycles. The Morgan fingerprint density at radius 3 is 2.73 bits per heavy atom. The normalized spacial score (nSPS) is 10.7. The zero-order chi connectivity index (χ0) is 10.1. The van der Waals surface area contributed by atoms with Gasteiger partial charge in [0.25, 0.3) is 0 Å². The van der Waals surface area contributed by atoms with Crippen molar-refractivity contribution < 1.29 is 58.2 Å². The molecule has 0 saturated carbocycles. The molecule has 0 unspecified atom stereocenters. The Morgan fingerprint density at radius 1 is 1.40 bits per heavy atom. The van der Waals surface area contributed by atoms with Gasteiger partial charge >= 0.3 is 58.2 Å². The molecule has 15 heavy (non-hydrogen) atoms. The van der Waals surface area contributed by atoms with E-state index in [0.717, 1.165) is 11.9 Å². The molecule has 3 heteroatoms. The summed E-state index contributed by atoms with van der Waals surface area (Å²) in [7, 11) is 0. The van der Waals surface area contributed by atoms with Gasteiger partial charge in [0.1, 0.15) is 0 Å². The number of aromatic nitrogens is 2. The SMILES string of the molecule is CCc1cc(C(C)C)cc2cn[c-]n12.[Rb+]. The molecular weight excluding hydrogens is 258 g/mol. The standard InChI is InChI=1S/C12H15N2.Rb/c1-4-11-5-10(9(2)3)6-12-7-13-8-14(11)12;/h5-7,9H,4H2,1-3H3;/q-1;+1. The second-order valence-corrected chi connectivity index (χ2v) is 3.91. The largest absolute Gasteiger partial charge is 1.00 e. The second kappa shape index (κ2) is 5.71. The summed E-state index contributed by atoms with van der Waals surface area (Å²) in [6.07, 6.45) is 5.86. The molecule has 0 aliphatic rings. The van der Waals surface area contributed by atoms with Crippen LogP contribution in [0.4, 0.5) is 0 Å². The summed E-state index contributed by atoms with van der Waals surface area (Å²) in [5.74, 6) is 0.570. The van der Waals surface area contributed by atoms with Gasteiger partial charge in [0.2, 0.25) is 0 Å². The minimum Gasteiger partial charge on any atom is -0.430 e. The first kappa shape index (κ1) is 13.6. The average Bonchev–Trinajstić information content (AvgIpc) is 2.63. The van der Waals surface area contributed by atoms with Gasteiger partial charge in [0, 0.05) is 6.33 Å². The number of hydrogen-bond donors (Lipinski definition) is 0. The monoisotopic (exact) mass is 272 g/mol. The van der Waals surface area contributed by atoms with E-state index in [1.165, 1.54) is 11.3 Å². The molecule has 2 aromatic heterocycles. The van der Waals surface area contributed by atoms with E-state index in [4.69, 9.17) is 0 Å². The maximum atomic E-state index is 4.05. The molecule has 2 nitrogen and oxygen atoms in total. The number of imidazole rings is 1. The van der Waals surface area contributed by atoms with Gasteiger partial charge in [0.05, 0.1) is 0 Å². The predicted octanol–water partition coefficient (Wildman–Crippen LogP) is -0.176. The molecule has 0 fully saturated rings. The quantitative estimate of drug-likeness (QED) is 0.694. The first-order valence-electron chi connectivity index (χ1n) is 5.10. The molecule has 0 radical (unpaired) electrons. The van der Waals surface area contributed by atoms with E-state index in [1.807, 2.05) is 10.6 Å². The molecule has 0 atom stereocenters. The molecule has 0 amide bonds. The van der Waals surface area contributed by atoms with Crippen molar-refractivity contribution in [2.45, 2.75) is 33.1 Å². The van der Waals surface area contributed by atoms with E-state index >= 15 is 0 Å². The van der Waals surface area contributed by atoms with Crippen LogP contribution in [0.2, 0.25) is 0 Å². The summed E-state index contributed by atoms with van der Waals surface area (Å²) in [5, 5.41) is 0. The summed E-state index contributed by atoms with van der Waals surface area (Å²) < 4.78 is 2.03. The third-order valence-corrected chi connectivity index (χ3v) is 2.58. The van der Waals surface area contributed by atoms with Crippen molar-refractivity contribution in [2.75, 3.05) is 0 Å². The fourth-order valence-electron chi connectivity index (χ4n) is 1.66. The Hall–Kier alpha value is 0.495. The third-order valence-electron chi connectivity index (χ3n) is 2.58. The van der Waals surface area contributed by atoms with Gasteiger partial charge in [-0.15, -0.1) is 0 Å². The molecule has 74 valence electrons. The Kier molecular flexibility index (Phi) is 5.16. The van der Waals surface area contributed by atoms with Crippen LogP contribution in [-0.4, -0.2) is 9.38 Å². The molecule has 2 heterocycles. The number of nitrogens with zero attached hydrogens (tertiary/aromatic N) is 2. The van der Waals surface area contributed by atoms with E-state index in [9.17, 15) is 0 Å². The van der Waals surface area contributed by atoms with Crippen LogP contribution in [0.3, 0.4) is 0 Å². The number of hydrogen-bond acceptors (Lipinski definition) is 1. The number of aryl methyl sites for hydroxylation is 1. The molecule has 0 spiro atoms. The van der Waals surface area contributed by atoms with Gasteiger partial charge in [-0.05, 0) is 12.3 Å². The first-order chi connectivity index (χ1) is 6.72. The summed E-state index contributed by atoms with van der Waals surface area (Å²) in [6.45, 7) is 6.59. The minimum absolute atomic E-state index is 0. The summed E-state index contributed by atoms with van der Waals surface area (Å²) in [4.78, 5) is 4.05. The molecule has 2 aromatic rings. The minimum atomic E-state index is 0. The van der Waals surface area contributed by atoms with Crippen LogP contribution in [0, 0.1) is 6.33 Å². The van der Waals surface area contributed by atoms with Gasteiger partial charge in [-0.3, -0.25) is 0 Å². The molecule has 0 aromatic carbocycles. The predicted molar refractivity (Wildman–Crippen MR) is 57.5 cm³/mol. The van der Waals surface area contributed by atoms with Crippen LogP contribution in [0.1, 0.15) is 37.9 Å². The molecule has 0 bridgehead atoms. The van der Waals surface area contributed by atoms with Crippen molar-refractivity contribution in [1.29, 1.82) is 0 Å². The van der Waals surface area contributed by atoms with Crippen molar-refractivity contribution in [1.82, 2.24) is 9.38 Å². The van der Waals surface area contributed by atoms with Crippen LogP contribution < -0.4 is 58.2 Å². The molecule has 2 rings (SSSR count). The van der Waals surface area contributed by atoms with Gasteiger partial charge < -0.3 is 9.38 Å². The number of fused-ring (bicyclic) bond motifs is 1. The van der Waals surface area contributed by atoms with Gasteiger partial charge in [-0.1, -0.05) is 55.9 Å². The van der Waals surface area contributed by atoms with Crippen molar-refractivity contribution in [3.8, 4) is 0 Å². The summed E-state index contributed by atoms with van der Waals surface area (Å²) >= 11 is 0. The van der Waals surface area contributed by atoms with Crippen molar-refractivity contribution in [3.05, 3.63) is 35.9 Å².